The molecule has 0 heterocycles. The molecule has 1 rings (SSSR count). The van der Waals surface area contributed by atoms with Crippen LogP contribution >= 0.6 is 11.6 Å². The molecule has 1 aromatic carbocycles. The van der Waals surface area contributed by atoms with E-state index >= 15 is 0 Å². The first-order valence-corrected chi connectivity index (χ1v) is 4.64. The molecule has 0 bridgehead atoms. The van der Waals surface area contributed by atoms with Crippen LogP contribution in [0.1, 0.15) is 24.5 Å². The van der Waals surface area contributed by atoms with Crippen LogP contribution in [0.5, 0.6) is 0 Å². The van der Waals surface area contributed by atoms with Gasteiger partial charge in [0, 0.05) is 5.88 Å². The number of halogens is 2. The van der Waals surface area contributed by atoms with Gasteiger partial charge >= 0.3 is 0 Å². The Balaban J connectivity index is 2.95. The molecular formula is C10H12ClF. The Hall–Kier alpha value is -0.560. The molecule has 0 radical (unpaired) electrons. The van der Waals surface area contributed by atoms with Crippen LogP contribution in [0.4, 0.5) is 4.39 Å². The van der Waals surface area contributed by atoms with Gasteiger partial charge in [-0.25, -0.2) is 4.39 Å². The van der Waals surface area contributed by atoms with Gasteiger partial charge in [-0.05, 0) is 29.7 Å². The van der Waals surface area contributed by atoms with Gasteiger partial charge in [-0.15, -0.1) is 11.6 Å². The third kappa shape index (κ3) is 2.21. The fourth-order valence-electron chi connectivity index (χ4n) is 1.23. The maximum atomic E-state index is 12.8. The molecule has 2 heteroatoms. The maximum absolute atomic E-state index is 12.8. The van der Waals surface area contributed by atoms with Crippen LogP contribution in [0.25, 0.3) is 0 Å². The minimum Gasteiger partial charge on any atom is -0.207 e. The highest BCUT2D eigenvalue weighted by Crippen LogP contribution is 2.15. The summed E-state index contributed by atoms with van der Waals surface area (Å²) in [6.45, 7) is 2.07. The summed E-state index contributed by atoms with van der Waals surface area (Å²) in [6.07, 6.45) is 1.92. The Bertz CT molecular complexity index is 258. The third-order valence-electron chi connectivity index (χ3n) is 1.83. The Kier molecular flexibility index (Phi) is 3.54. The van der Waals surface area contributed by atoms with Crippen LogP contribution < -0.4 is 0 Å². The van der Waals surface area contributed by atoms with Gasteiger partial charge < -0.3 is 0 Å². The van der Waals surface area contributed by atoms with E-state index in [1.807, 2.05) is 0 Å². The largest absolute Gasteiger partial charge is 0.207 e. The molecule has 0 aliphatic rings. The zero-order chi connectivity index (χ0) is 8.97. The molecule has 0 aliphatic carbocycles. The lowest BCUT2D eigenvalue weighted by molar-refractivity contribution is 0.624. The zero-order valence-corrected chi connectivity index (χ0v) is 7.87. The normalized spacial score (nSPS) is 10.2. The summed E-state index contributed by atoms with van der Waals surface area (Å²) in [6, 6.07) is 4.78. The summed E-state index contributed by atoms with van der Waals surface area (Å²) < 4.78 is 12.8. The van der Waals surface area contributed by atoms with E-state index in [4.69, 9.17) is 11.6 Å². The minimum atomic E-state index is -0.174. The fraction of sp³-hybridized carbons (Fsp3) is 0.400. The molecule has 0 nitrogen and oxygen atoms in total. The van der Waals surface area contributed by atoms with E-state index in [1.54, 1.807) is 12.1 Å². The fourth-order valence-corrected chi connectivity index (χ4v) is 1.49. The Morgan fingerprint density at radius 2 is 2.08 bits per heavy atom. The number of benzene rings is 1. The predicted octanol–water partition coefficient (Wildman–Crippen LogP) is 3.52. The van der Waals surface area contributed by atoms with Gasteiger partial charge in [0.05, 0.1) is 0 Å². The first-order chi connectivity index (χ1) is 5.77. The third-order valence-corrected chi connectivity index (χ3v) is 2.12. The van der Waals surface area contributed by atoms with Crippen LogP contribution in [0, 0.1) is 5.82 Å². The molecule has 0 aliphatic heterocycles. The Morgan fingerprint density at radius 1 is 1.33 bits per heavy atom. The Labute approximate surface area is 77.4 Å². The lowest BCUT2D eigenvalue weighted by Crippen LogP contribution is -1.92. The number of hydrogen-bond donors (Lipinski definition) is 0. The van der Waals surface area contributed by atoms with E-state index in [9.17, 15) is 4.39 Å². The maximum Gasteiger partial charge on any atom is 0.123 e. The predicted molar refractivity (Wildman–Crippen MR) is 50.0 cm³/mol. The topological polar surface area (TPSA) is 0 Å². The Morgan fingerprint density at radius 3 is 2.67 bits per heavy atom. The van der Waals surface area contributed by atoms with Gasteiger partial charge in [0.25, 0.3) is 0 Å². The van der Waals surface area contributed by atoms with Crippen molar-refractivity contribution in [3.05, 3.63) is 35.1 Å². The molecule has 66 valence electrons. The average molecular weight is 187 g/mol. The van der Waals surface area contributed by atoms with Crippen molar-refractivity contribution in [1.29, 1.82) is 0 Å². The molecule has 0 atom stereocenters. The molecule has 1 aromatic rings. The SMILES string of the molecule is CCCc1cc(F)ccc1CCl. The first kappa shape index (κ1) is 9.53. The zero-order valence-electron chi connectivity index (χ0n) is 7.11. The van der Waals surface area contributed by atoms with Gasteiger partial charge in [-0.1, -0.05) is 19.4 Å². The van der Waals surface area contributed by atoms with Crippen molar-refractivity contribution in [2.45, 2.75) is 25.6 Å². The molecule has 0 unspecified atom stereocenters. The summed E-state index contributed by atoms with van der Waals surface area (Å²) in [5.74, 6) is 0.294. The summed E-state index contributed by atoms with van der Waals surface area (Å²) >= 11 is 5.70. The van der Waals surface area contributed by atoms with Crippen molar-refractivity contribution < 1.29 is 4.39 Å². The molecule has 0 aromatic heterocycles. The molecule has 0 amide bonds. The molecule has 0 N–H and O–H groups in total. The number of alkyl halides is 1. The summed E-state index contributed by atoms with van der Waals surface area (Å²) in [4.78, 5) is 0. The number of hydrogen-bond acceptors (Lipinski definition) is 0. The number of rotatable bonds is 3. The van der Waals surface area contributed by atoms with Crippen LogP contribution in [0.2, 0.25) is 0 Å². The number of aryl methyl sites for hydroxylation is 1. The van der Waals surface area contributed by atoms with Gasteiger partial charge in [0.1, 0.15) is 5.82 Å². The molecular weight excluding hydrogens is 175 g/mol. The molecule has 0 spiro atoms. The van der Waals surface area contributed by atoms with Crippen LogP contribution in [0.15, 0.2) is 18.2 Å². The van der Waals surface area contributed by atoms with E-state index < -0.39 is 0 Å². The molecule has 12 heavy (non-hydrogen) atoms. The van der Waals surface area contributed by atoms with Crippen molar-refractivity contribution in [2.24, 2.45) is 0 Å². The quantitative estimate of drug-likeness (QED) is 0.634. The van der Waals surface area contributed by atoms with E-state index in [0.29, 0.717) is 5.88 Å². The van der Waals surface area contributed by atoms with Gasteiger partial charge in [-0.3, -0.25) is 0 Å². The van der Waals surface area contributed by atoms with Crippen LogP contribution in [-0.4, -0.2) is 0 Å². The monoisotopic (exact) mass is 186 g/mol. The lowest BCUT2D eigenvalue weighted by Gasteiger charge is -2.04. The van der Waals surface area contributed by atoms with Crippen molar-refractivity contribution >= 4 is 11.6 Å². The van der Waals surface area contributed by atoms with Crippen LogP contribution in [0.3, 0.4) is 0 Å². The highest BCUT2D eigenvalue weighted by atomic mass is 35.5. The van der Waals surface area contributed by atoms with E-state index in [0.717, 1.165) is 24.0 Å². The summed E-state index contributed by atoms with van der Waals surface area (Å²) in [7, 11) is 0. The van der Waals surface area contributed by atoms with Crippen molar-refractivity contribution in [1.82, 2.24) is 0 Å². The first-order valence-electron chi connectivity index (χ1n) is 4.11. The van der Waals surface area contributed by atoms with Gasteiger partial charge in [-0.2, -0.15) is 0 Å². The van der Waals surface area contributed by atoms with Crippen LogP contribution in [-0.2, 0) is 12.3 Å². The van der Waals surface area contributed by atoms with Crippen molar-refractivity contribution in [3.63, 3.8) is 0 Å². The summed E-state index contributed by atoms with van der Waals surface area (Å²) in [5, 5.41) is 0. The molecule has 0 fully saturated rings. The second-order valence-electron chi connectivity index (χ2n) is 2.80. The minimum absolute atomic E-state index is 0.174. The van der Waals surface area contributed by atoms with Crippen molar-refractivity contribution in [3.8, 4) is 0 Å². The van der Waals surface area contributed by atoms with Gasteiger partial charge in [0.2, 0.25) is 0 Å². The average Bonchev–Trinajstić information content (AvgIpc) is 2.05. The molecule has 0 saturated heterocycles. The lowest BCUT2D eigenvalue weighted by atomic mass is 10.0. The molecule has 0 saturated carbocycles. The second-order valence-corrected chi connectivity index (χ2v) is 3.06. The van der Waals surface area contributed by atoms with E-state index in [-0.39, 0.29) is 5.82 Å². The second kappa shape index (κ2) is 4.46. The highest BCUT2D eigenvalue weighted by molar-refractivity contribution is 6.17. The van der Waals surface area contributed by atoms with E-state index in [1.165, 1.54) is 6.07 Å². The smallest absolute Gasteiger partial charge is 0.123 e. The highest BCUT2D eigenvalue weighted by Gasteiger charge is 2.01. The van der Waals surface area contributed by atoms with Crippen molar-refractivity contribution in [2.75, 3.05) is 0 Å². The van der Waals surface area contributed by atoms with Gasteiger partial charge in [0.15, 0.2) is 0 Å². The standard InChI is InChI=1S/C10H12ClF/c1-2-3-8-6-10(12)5-4-9(8)7-11/h4-6H,2-3,7H2,1H3. The van der Waals surface area contributed by atoms with E-state index in [2.05, 4.69) is 6.92 Å². The summed E-state index contributed by atoms with van der Waals surface area (Å²) in [5.41, 5.74) is 2.08.